The van der Waals surface area contributed by atoms with Gasteiger partial charge in [-0.1, -0.05) is 6.42 Å². The van der Waals surface area contributed by atoms with Crippen LogP contribution in [0.1, 0.15) is 36.0 Å². The molecular weight excluding hydrogens is 292 g/mol. The number of hydrogen-bond acceptors (Lipinski definition) is 2. The van der Waals surface area contributed by atoms with Gasteiger partial charge in [0.1, 0.15) is 4.60 Å². The molecule has 1 N–H and O–H groups in total. The minimum absolute atomic E-state index is 0.0160. The van der Waals surface area contributed by atoms with Crippen molar-refractivity contribution >= 4 is 21.8 Å². The van der Waals surface area contributed by atoms with Crippen LogP contribution in [0.15, 0.2) is 22.9 Å². The zero-order valence-corrected chi connectivity index (χ0v) is 11.8. The molecule has 18 heavy (non-hydrogen) atoms. The van der Waals surface area contributed by atoms with Crippen LogP contribution < -0.4 is 5.32 Å². The van der Waals surface area contributed by atoms with E-state index >= 15 is 0 Å². The average molecular weight is 309 g/mol. The molecule has 96 valence electrons. The van der Waals surface area contributed by atoms with Gasteiger partial charge in [-0.25, -0.2) is 4.98 Å². The Bertz CT molecular complexity index is 463. The van der Waals surface area contributed by atoms with Crippen molar-refractivity contribution in [3.63, 3.8) is 0 Å². The smallest absolute Gasteiger partial charge is 0.254 e. The van der Waals surface area contributed by atoms with Crippen LogP contribution in [0.25, 0.3) is 0 Å². The molecule has 2 aliphatic carbocycles. The van der Waals surface area contributed by atoms with E-state index in [2.05, 4.69) is 26.2 Å². The maximum Gasteiger partial charge on any atom is 0.254 e. The molecule has 0 aromatic carbocycles. The highest BCUT2D eigenvalue weighted by Gasteiger charge is 2.39. The van der Waals surface area contributed by atoms with Gasteiger partial charge in [-0.3, -0.25) is 4.79 Å². The summed E-state index contributed by atoms with van der Waals surface area (Å²) >= 11 is 3.31. The van der Waals surface area contributed by atoms with Gasteiger partial charge in [0, 0.05) is 12.7 Å². The standard InChI is InChI=1S/C14H17BrN2O/c15-13-12(2-1-5-16-13)14(18)17-8-11-7-9-3-4-10(11)6-9/h1-2,5,9-11H,3-4,6-8H2,(H,17,18). The Balaban J connectivity index is 1.57. The zero-order chi connectivity index (χ0) is 12.5. The molecule has 1 aromatic heterocycles. The van der Waals surface area contributed by atoms with Crippen molar-refractivity contribution in [1.82, 2.24) is 10.3 Å². The van der Waals surface area contributed by atoms with Gasteiger partial charge in [0.25, 0.3) is 5.91 Å². The van der Waals surface area contributed by atoms with E-state index in [4.69, 9.17) is 0 Å². The average Bonchev–Trinajstić information content (AvgIpc) is 2.98. The summed E-state index contributed by atoms with van der Waals surface area (Å²) in [6, 6.07) is 3.59. The van der Waals surface area contributed by atoms with Crippen LogP contribution in [0.2, 0.25) is 0 Å². The molecule has 1 heterocycles. The highest BCUT2D eigenvalue weighted by Crippen LogP contribution is 2.47. The van der Waals surface area contributed by atoms with Crippen molar-refractivity contribution < 1.29 is 4.79 Å². The molecule has 3 atom stereocenters. The van der Waals surface area contributed by atoms with E-state index in [9.17, 15) is 4.79 Å². The molecule has 2 saturated carbocycles. The Morgan fingerprint density at radius 3 is 3.00 bits per heavy atom. The van der Waals surface area contributed by atoms with Gasteiger partial charge < -0.3 is 5.32 Å². The van der Waals surface area contributed by atoms with Crippen molar-refractivity contribution in [2.75, 3.05) is 6.54 Å². The Hall–Kier alpha value is -0.900. The van der Waals surface area contributed by atoms with Crippen LogP contribution in [0, 0.1) is 17.8 Å². The number of rotatable bonds is 3. The molecule has 0 saturated heterocycles. The first-order valence-electron chi connectivity index (χ1n) is 6.62. The van der Waals surface area contributed by atoms with Gasteiger partial charge in [-0.05, 0) is 65.1 Å². The second kappa shape index (κ2) is 5.00. The van der Waals surface area contributed by atoms with Crippen LogP contribution in [0.5, 0.6) is 0 Å². The summed E-state index contributed by atoms with van der Waals surface area (Å²) in [4.78, 5) is 16.1. The zero-order valence-electron chi connectivity index (χ0n) is 10.2. The number of hydrogen-bond donors (Lipinski definition) is 1. The van der Waals surface area contributed by atoms with Crippen molar-refractivity contribution in [2.24, 2.45) is 17.8 Å². The lowest BCUT2D eigenvalue weighted by Crippen LogP contribution is -2.31. The summed E-state index contributed by atoms with van der Waals surface area (Å²) in [5.41, 5.74) is 0.626. The number of halogens is 1. The Morgan fingerprint density at radius 1 is 1.44 bits per heavy atom. The Morgan fingerprint density at radius 2 is 2.33 bits per heavy atom. The SMILES string of the molecule is O=C(NCC1CC2CCC1C2)c1cccnc1Br. The normalized spacial score (nSPS) is 29.5. The number of fused-ring (bicyclic) bond motifs is 2. The van der Waals surface area contributed by atoms with E-state index in [1.807, 2.05) is 0 Å². The summed E-state index contributed by atoms with van der Waals surface area (Å²) in [5.74, 6) is 2.47. The number of carbonyl (C=O) groups is 1. The topological polar surface area (TPSA) is 42.0 Å². The van der Waals surface area contributed by atoms with E-state index < -0.39 is 0 Å². The van der Waals surface area contributed by atoms with Crippen LogP contribution in [0.3, 0.4) is 0 Å². The first-order valence-corrected chi connectivity index (χ1v) is 7.42. The fraction of sp³-hybridized carbons (Fsp3) is 0.571. The summed E-state index contributed by atoms with van der Waals surface area (Å²) in [6.45, 7) is 0.821. The van der Waals surface area contributed by atoms with Gasteiger partial charge in [-0.2, -0.15) is 0 Å². The number of pyridine rings is 1. The van der Waals surface area contributed by atoms with Gasteiger partial charge in [0.05, 0.1) is 5.56 Å². The van der Waals surface area contributed by atoms with Crippen molar-refractivity contribution in [2.45, 2.75) is 25.7 Å². The molecule has 1 amide bonds. The summed E-state index contributed by atoms with van der Waals surface area (Å²) < 4.78 is 0.621. The molecule has 4 heteroatoms. The van der Waals surface area contributed by atoms with Gasteiger partial charge in [0.2, 0.25) is 0 Å². The second-order valence-corrected chi connectivity index (χ2v) is 6.24. The Kier molecular flexibility index (Phi) is 3.37. The molecule has 2 bridgehead atoms. The van der Waals surface area contributed by atoms with Crippen LogP contribution in [-0.2, 0) is 0 Å². The number of nitrogens with one attached hydrogen (secondary N) is 1. The van der Waals surface area contributed by atoms with Crippen LogP contribution in [-0.4, -0.2) is 17.4 Å². The Labute approximate surface area is 116 Å². The summed E-state index contributed by atoms with van der Waals surface area (Å²) in [7, 11) is 0. The third-order valence-corrected chi connectivity index (χ3v) is 5.04. The molecule has 0 spiro atoms. The van der Waals surface area contributed by atoms with Crippen molar-refractivity contribution in [3.05, 3.63) is 28.5 Å². The van der Waals surface area contributed by atoms with Crippen LogP contribution in [0.4, 0.5) is 0 Å². The molecule has 2 fully saturated rings. The number of carbonyl (C=O) groups excluding carboxylic acids is 1. The molecule has 3 rings (SSSR count). The maximum atomic E-state index is 12.0. The van der Waals surface area contributed by atoms with Gasteiger partial charge in [-0.15, -0.1) is 0 Å². The number of nitrogens with zero attached hydrogens (tertiary/aromatic N) is 1. The quantitative estimate of drug-likeness (QED) is 0.872. The van der Waals surface area contributed by atoms with E-state index in [-0.39, 0.29) is 5.91 Å². The molecular formula is C14H17BrN2O. The number of amides is 1. The molecule has 0 aliphatic heterocycles. The number of aromatic nitrogens is 1. The van der Waals surface area contributed by atoms with Crippen molar-refractivity contribution in [1.29, 1.82) is 0 Å². The third-order valence-electron chi connectivity index (χ3n) is 4.41. The van der Waals surface area contributed by atoms with Gasteiger partial charge in [0.15, 0.2) is 0 Å². The van der Waals surface area contributed by atoms with Crippen molar-refractivity contribution in [3.8, 4) is 0 Å². The lowest BCUT2D eigenvalue weighted by molar-refractivity contribution is 0.0940. The van der Waals surface area contributed by atoms with Crippen LogP contribution >= 0.6 is 15.9 Å². The molecule has 1 aromatic rings. The minimum atomic E-state index is -0.0160. The minimum Gasteiger partial charge on any atom is -0.352 e. The van der Waals surface area contributed by atoms with E-state index in [0.717, 1.165) is 18.4 Å². The largest absolute Gasteiger partial charge is 0.352 e. The van der Waals surface area contributed by atoms with E-state index in [1.54, 1.807) is 18.3 Å². The maximum absolute atomic E-state index is 12.0. The predicted molar refractivity (Wildman–Crippen MR) is 73.2 cm³/mol. The summed E-state index contributed by atoms with van der Waals surface area (Å²) in [5, 5.41) is 3.06. The fourth-order valence-electron chi connectivity index (χ4n) is 3.50. The highest BCUT2D eigenvalue weighted by atomic mass is 79.9. The lowest BCUT2D eigenvalue weighted by Gasteiger charge is -2.21. The highest BCUT2D eigenvalue weighted by molar-refractivity contribution is 9.10. The monoisotopic (exact) mass is 308 g/mol. The molecule has 2 aliphatic rings. The van der Waals surface area contributed by atoms with E-state index in [1.165, 1.54) is 25.7 Å². The first kappa shape index (κ1) is 12.2. The third kappa shape index (κ3) is 2.30. The fourth-order valence-corrected chi connectivity index (χ4v) is 3.93. The molecule has 3 nitrogen and oxygen atoms in total. The second-order valence-electron chi connectivity index (χ2n) is 5.49. The molecule has 3 unspecified atom stereocenters. The van der Waals surface area contributed by atoms with E-state index in [0.29, 0.717) is 16.1 Å². The summed E-state index contributed by atoms with van der Waals surface area (Å²) in [6.07, 6.45) is 7.14. The predicted octanol–water partition coefficient (Wildman–Crippen LogP) is 3.01. The lowest BCUT2D eigenvalue weighted by atomic mass is 9.89. The molecule has 0 radical (unpaired) electrons. The first-order chi connectivity index (χ1) is 8.74. The van der Waals surface area contributed by atoms with Gasteiger partial charge >= 0.3 is 0 Å².